The zero-order valence-corrected chi connectivity index (χ0v) is 13.9. The summed E-state index contributed by atoms with van der Waals surface area (Å²) in [7, 11) is 0. The fourth-order valence-electron chi connectivity index (χ4n) is 2.20. The molecule has 0 radical (unpaired) electrons. The molecule has 2 heterocycles. The number of amides is 1. The average Bonchev–Trinajstić information content (AvgIpc) is 2.96. The number of carbonyl (C=O) groups excluding carboxylic acids is 1. The molecule has 1 N–H and O–H groups in total. The molecule has 0 aromatic carbocycles. The third-order valence-corrected chi connectivity index (χ3v) is 4.32. The number of rotatable bonds is 5. The molecule has 2 aromatic rings. The van der Waals surface area contributed by atoms with Gasteiger partial charge in [0.1, 0.15) is 6.33 Å². The van der Waals surface area contributed by atoms with Gasteiger partial charge in [-0.25, -0.2) is 4.98 Å². The van der Waals surface area contributed by atoms with Crippen molar-refractivity contribution in [1.82, 2.24) is 25.1 Å². The quantitative estimate of drug-likeness (QED) is 0.920. The fourth-order valence-corrected chi connectivity index (χ4v) is 3.14. The lowest BCUT2D eigenvalue weighted by atomic mass is 10.2. The molecule has 1 atom stereocenters. The Labute approximate surface area is 128 Å². The molecule has 0 unspecified atom stereocenters. The molecule has 0 saturated heterocycles. The van der Waals surface area contributed by atoms with Crippen LogP contribution in [-0.4, -0.2) is 25.7 Å². The van der Waals surface area contributed by atoms with Crippen molar-refractivity contribution in [2.24, 2.45) is 0 Å². The second kappa shape index (κ2) is 6.34. The van der Waals surface area contributed by atoms with Crippen molar-refractivity contribution in [1.29, 1.82) is 0 Å². The van der Waals surface area contributed by atoms with E-state index in [1.54, 1.807) is 17.7 Å². The first kappa shape index (κ1) is 15.6. The number of nitrogens with zero attached hydrogens (tertiary/aromatic N) is 4. The van der Waals surface area contributed by atoms with Crippen LogP contribution in [-0.2, 0) is 11.2 Å². The van der Waals surface area contributed by atoms with E-state index < -0.39 is 0 Å². The molecule has 0 spiro atoms. The molecule has 0 aliphatic rings. The van der Waals surface area contributed by atoms with Crippen LogP contribution >= 0.6 is 11.3 Å². The van der Waals surface area contributed by atoms with Crippen molar-refractivity contribution in [3.8, 4) is 0 Å². The van der Waals surface area contributed by atoms with Crippen molar-refractivity contribution in [3.63, 3.8) is 0 Å². The van der Waals surface area contributed by atoms with Gasteiger partial charge in [0.2, 0.25) is 5.91 Å². The highest BCUT2D eigenvalue weighted by Crippen LogP contribution is 2.19. The van der Waals surface area contributed by atoms with Gasteiger partial charge < -0.3 is 9.88 Å². The van der Waals surface area contributed by atoms with Crippen LogP contribution in [0.5, 0.6) is 0 Å². The van der Waals surface area contributed by atoms with Crippen LogP contribution in [0, 0.1) is 13.8 Å². The minimum atomic E-state index is -0.170. The van der Waals surface area contributed by atoms with Crippen LogP contribution in [0.2, 0.25) is 0 Å². The Morgan fingerprint density at radius 2 is 2.10 bits per heavy atom. The first-order chi connectivity index (χ1) is 9.88. The highest BCUT2D eigenvalue weighted by molar-refractivity contribution is 7.11. The highest BCUT2D eigenvalue weighted by Gasteiger charge is 2.18. The van der Waals surface area contributed by atoms with Gasteiger partial charge in [-0.15, -0.1) is 21.5 Å². The van der Waals surface area contributed by atoms with Crippen molar-refractivity contribution in [3.05, 3.63) is 27.7 Å². The van der Waals surface area contributed by atoms with Crippen LogP contribution < -0.4 is 5.32 Å². The molecule has 2 rings (SSSR count). The summed E-state index contributed by atoms with van der Waals surface area (Å²) in [5.41, 5.74) is 0.936. The lowest BCUT2D eigenvalue weighted by Gasteiger charge is -2.16. The number of hydrogen-bond acceptors (Lipinski definition) is 5. The normalized spacial score (nSPS) is 12.7. The molecule has 0 aliphatic heterocycles. The summed E-state index contributed by atoms with van der Waals surface area (Å²) < 4.78 is 1.97. The highest BCUT2D eigenvalue weighted by atomic mass is 32.1. The number of hydrogen-bond donors (Lipinski definition) is 1. The van der Waals surface area contributed by atoms with Crippen molar-refractivity contribution < 1.29 is 4.79 Å². The van der Waals surface area contributed by atoms with Crippen molar-refractivity contribution in [2.45, 2.75) is 53.1 Å². The molecule has 0 bridgehead atoms. The Morgan fingerprint density at radius 1 is 1.38 bits per heavy atom. The topological polar surface area (TPSA) is 72.7 Å². The number of aryl methyl sites for hydroxylation is 2. The predicted octanol–water partition coefficient (Wildman–Crippen LogP) is 2.35. The summed E-state index contributed by atoms with van der Waals surface area (Å²) in [6.45, 7) is 9.93. The van der Waals surface area contributed by atoms with E-state index in [0.717, 1.165) is 21.4 Å². The van der Waals surface area contributed by atoms with Crippen molar-refractivity contribution in [2.75, 3.05) is 0 Å². The van der Waals surface area contributed by atoms with E-state index in [4.69, 9.17) is 0 Å². The Bertz CT molecular complexity index is 631. The van der Waals surface area contributed by atoms with Gasteiger partial charge in [0.05, 0.1) is 23.2 Å². The van der Waals surface area contributed by atoms with Gasteiger partial charge in [0.25, 0.3) is 0 Å². The second-order valence-electron chi connectivity index (χ2n) is 5.40. The molecule has 114 valence electrons. The zero-order valence-electron chi connectivity index (χ0n) is 13.0. The number of carbonyl (C=O) groups is 1. The van der Waals surface area contributed by atoms with E-state index in [-0.39, 0.29) is 18.0 Å². The average molecular weight is 307 g/mol. The second-order valence-corrected chi connectivity index (χ2v) is 6.69. The molecule has 7 heteroatoms. The first-order valence-electron chi connectivity index (χ1n) is 7.00. The third-order valence-electron chi connectivity index (χ3n) is 3.24. The first-order valence-corrected chi connectivity index (χ1v) is 7.81. The summed E-state index contributed by atoms with van der Waals surface area (Å²) in [6.07, 6.45) is 2.05. The van der Waals surface area contributed by atoms with E-state index in [0.29, 0.717) is 6.42 Å². The van der Waals surface area contributed by atoms with Gasteiger partial charge in [-0.1, -0.05) is 0 Å². The molecule has 0 aliphatic carbocycles. The van der Waals surface area contributed by atoms with Crippen LogP contribution in [0.15, 0.2) is 6.33 Å². The smallest absolute Gasteiger partial charge is 0.225 e. The minimum absolute atomic E-state index is 0.0208. The van der Waals surface area contributed by atoms with Crippen molar-refractivity contribution >= 4 is 17.2 Å². The standard InChI is InChI=1S/C14H21N5OS/c1-8(2)19-7-15-18-14(19)10(4)17-13(20)6-12-9(3)16-11(5)21-12/h7-8,10H,6H2,1-5H3,(H,17,20)/t10-/m1/s1. The summed E-state index contributed by atoms with van der Waals surface area (Å²) in [4.78, 5) is 17.5. The molecule has 21 heavy (non-hydrogen) atoms. The maximum Gasteiger partial charge on any atom is 0.225 e. The van der Waals surface area contributed by atoms with E-state index in [2.05, 4.69) is 34.3 Å². The van der Waals surface area contributed by atoms with E-state index in [9.17, 15) is 4.79 Å². The maximum absolute atomic E-state index is 12.2. The SMILES string of the molecule is Cc1nc(C)c(CC(=O)N[C@H](C)c2nncn2C(C)C)s1. The van der Waals surface area contributed by atoms with Crippen LogP contribution in [0.1, 0.15) is 54.3 Å². The van der Waals surface area contributed by atoms with E-state index in [1.165, 1.54) is 0 Å². The summed E-state index contributed by atoms with van der Waals surface area (Å²) in [5, 5.41) is 12.0. The van der Waals surface area contributed by atoms with Crippen LogP contribution in [0.25, 0.3) is 0 Å². The predicted molar refractivity (Wildman–Crippen MR) is 82.3 cm³/mol. The van der Waals surface area contributed by atoms with Gasteiger partial charge in [0, 0.05) is 10.9 Å². The summed E-state index contributed by atoms with van der Waals surface area (Å²) in [6, 6.07) is 0.0949. The molecule has 0 fully saturated rings. The third kappa shape index (κ3) is 3.66. The lowest BCUT2D eigenvalue weighted by Crippen LogP contribution is -2.30. The van der Waals surface area contributed by atoms with E-state index in [1.807, 2.05) is 25.3 Å². The Kier molecular flexibility index (Phi) is 4.72. The lowest BCUT2D eigenvalue weighted by molar-refractivity contribution is -0.121. The summed E-state index contributed by atoms with van der Waals surface area (Å²) in [5.74, 6) is 0.753. The molecule has 0 saturated carbocycles. The van der Waals surface area contributed by atoms with Gasteiger partial charge in [0.15, 0.2) is 5.82 Å². The zero-order chi connectivity index (χ0) is 15.6. The Morgan fingerprint density at radius 3 is 2.67 bits per heavy atom. The van der Waals surface area contributed by atoms with Gasteiger partial charge in [-0.3, -0.25) is 4.79 Å². The molecular weight excluding hydrogens is 286 g/mol. The Hall–Kier alpha value is -1.76. The monoisotopic (exact) mass is 307 g/mol. The van der Waals surface area contributed by atoms with Gasteiger partial charge in [-0.2, -0.15) is 0 Å². The Balaban J connectivity index is 2.02. The van der Waals surface area contributed by atoms with Crippen LogP contribution in [0.4, 0.5) is 0 Å². The summed E-state index contributed by atoms with van der Waals surface area (Å²) >= 11 is 1.57. The fraction of sp³-hybridized carbons (Fsp3) is 0.571. The van der Waals surface area contributed by atoms with Crippen LogP contribution in [0.3, 0.4) is 0 Å². The number of nitrogens with one attached hydrogen (secondary N) is 1. The molecular formula is C14H21N5OS. The minimum Gasteiger partial charge on any atom is -0.346 e. The largest absolute Gasteiger partial charge is 0.346 e. The molecule has 1 amide bonds. The van der Waals surface area contributed by atoms with Gasteiger partial charge >= 0.3 is 0 Å². The molecule has 2 aromatic heterocycles. The van der Waals surface area contributed by atoms with E-state index >= 15 is 0 Å². The maximum atomic E-state index is 12.2. The van der Waals surface area contributed by atoms with Gasteiger partial charge in [-0.05, 0) is 34.6 Å². The molecule has 6 nitrogen and oxygen atoms in total. The number of thiazole rings is 1. The number of aromatic nitrogens is 4.